The molecule has 16 aromatic rings. The molecule has 18 nitrogen and oxygen atoms in total. The van der Waals surface area contributed by atoms with Crippen molar-refractivity contribution in [3.05, 3.63) is 458 Å². The molecule has 0 unspecified atom stereocenters. The van der Waals surface area contributed by atoms with Crippen molar-refractivity contribution in [2.24, 2.45) is 0 Å². The van der Waals surface area contributed by atoms with Crippen LogP contribution in [-0.4, -0.2) is 100 Å². The van der Waals surface area contributed by atoms with E-state index in [0.29, 0.717) is 34.5 Å². The van der Waals surface area contributed by atoms with E-state index in [0.717, 1.165) is 93.4 Å². The minimum absolute atomic E-state index is 0. The summed E-state index contributed by atoms with van der Waals surface area (Å²) in [4.78, 5) is 56.0. The summed E-state index contributed by atoms with van der Waals surface area (Å²) in [6.45, 7) is 19.6. The van der Waals surface area contributed by atoms with Crippen LogP contribution in [0.2, 0.25) is 0 Å². The Morgan fingerprint density at radius 3 is 1.41 bits per heavy atom. The Morgan fingerprint density at radius 2 is 0.938 bits per heavy atom. The molecule has 2 aliphatic rings. The van der Waals surface area contributed by atoms with Gasteiger partial charge in [-0.25, -0.2) is 9.78 Å². The molecule has 18 rings (SSSR count). The Bertz CT molecular complexity index is 6820. The quantitative estimate of drug-likeness (QED) is 0.0875. The van der Waals surface area contributed by atoms with E-state index in [-0.39, 0.29) is 206 Å². The van der Waals surface area contributed by atoms with Crippen LogP contribution in [0.25, 0.3) is 77.2 Å². The van der Waals surface area contributed by atoms with E-state index in [1.807, 2.05) is 197 Å². The summed E-state index contributed by atoms with van der Waals surface area (Å²) < 4.78 is 181. The maximum Gasteiger partial charge on any atom is 0.399 e. The topological polar surface area (TPSA) is 168 Å². The first kappa shape index (κ1) is 130. The molecule has 8 radical (unpaired) electrons. The maximum absolute atomic E-state index is 14.0. The predicted octanol–water partition coefficient (Wildman–Crippen LogP) is 25.8. The van der Waals surface area contributed by atoms with Gasteiger partial charge in [-0.05, 0) is 132 Å². The number of aromatic nitrogens is 7. The number of fused-ring (bicyclic) bond motifs is 1. The van der Waals surface area contributed by atoms with Gasteiger partial charge in [0.25, 0.3) is 0 Å². The van der Waals surface area contributed by atoms with Crippen LogP contribution in [0.5, 0.6) is 0 Å². The number of para-hydroxylation sites is 4. The van der Waals surface area contributed by atoms with Crippen LogP contribution in [0.4, 0.5) is 113 Å². The van der Waals surface area contributed by atoms with Crippen LogP contribution < -0.4 is 29.8 Å². The monoisotopic (exact) mass is 3420 g/mol. The number of hydrogen-bond donors (Lipinski definition) is 2. The summed E-state index contributed by atoms with van der Waals surface area (Å²) in [7, 11) is 13.4. The fourth-order valence-corrected chi connectivity index (χ4v) is 12.0. The second-order valence-corrected chi connectivity index (χ2v) is 29.3. The van der Waals surface area contributed by atoms with Gasteiger partial charge in [-0.3, -0.25) is 44.8 Å². The van der Waals surface area contributed by atoms with Crippen molar-refractivity contribution in [3.63, 3.8) is 0 Å². The molecule has 774 valence electrons. The molecule has 2 aliphatic heterocycles. The molecule has 0 saturated carbocycles. The van der Waals surface area contributed by atoms with Crippen molar-refractivity contribution < 1.29 is 232 Å². The predicted molar refractivity (Wildman–Crippen MR) is 503 cm³/mol. The van der Waals surface area contributed by atoms with E-state index in [4.69, 9.17) is 18.3 Å². The number of alkyl halides is 6. The fraction of sp³-hybridized carbons (Fsp3) is 0.0943. The molecule has 0 bridgehead atoms. The number of nitrogens with zero attached hydrogens (tertiary/aromatic N) is 15. The van der Waals surface area contributed by atoms with Crippen LogP contribution in [0.15, 0.2) is 304 Å². The standard InChI is InChI=1S/C14H10F2N3.C14H12N3.C13H6F6N.C13H11F2N2.C13H10N2.C12H8F2N.C11H6F2N.C10H10N2.C6H5NO2.8Ir/c1-17-14-11(15)5-4-10(13(14)16)12-8-9(19(2)3)6-7-18-12;1-15-12-6-4-5-11(9-12)14-10-13(17(2)3)7-8-16-14;14-12(15,16)9-5-8(11-3-1-2-4-20-11)6-10(7-9)13(17,18)19;1-17(2)10-4-6-13(16-8-10)11-5-3-9(14)7-12(11)15;1-2-6-11(7-3-1)15-10-14-12-8-4-5-9-13(12)15;1-8-3-2-6-15-12(8)10-5-4-9(13)7-11(10)14;12-8-4-5-9(10(13)7-8)11-3-1-2-6-14-11;1-11-7-8-12(9-11)10-5-3-2-4-6-10;8-6(9)5-3-1-2-4-7-5;;;;;;;;/h5-8H,2-3H3;4,6-10H,2-3H3;1-5,7H;3-4,6-8H,1-2H3;1-6,8-10,14H;2-4,6-7H,1H3;1-4,6-7H;2-5,7-9H,1H3;1-4H,(H,8,9);;;;;;;;/q4*-1;-2;2*-1;-2;;;;;;;;;. The third-order valence-corrected chi connectivity index (χ3v) is 18.9. The summed E-state index contributed by atoms with van der Waals surface area (Å²) in [5.74, 6) is -6.70. The minimum Gasteiger partial charge on any atom is -0.514 e. The number of anilines is 7. The van der Waals surface area contributed by atoms with Crippen LogP contribution in [0.1, 0.15) is 27.2 Å². The van der Waals surface area contributed by atoms with E-state index in [2.05, 4.69) is 109 Å². The van der Waals surface area contributed by atoms with Gasteiger partial charge in [-0.2, -0.15) is 106 Å². The van der Waals surface area contributed by atoms with Gasteiger partial charge < -0.3 is 69.7 Å². The number of pyridine rings is 7. The first-order valence-electron chi connectivity index (χ1n) is 40.8. The number of carboxylic acids is 1. The SMILES string of the molecule is CN(C)c1ccc(-c2[c-]cc(F)cc2F)nc1.CN1C=CN(c2[c-]cccc2)[CH-]1.Cc1cccnc1-c1[c-]cc(F)cc1F.FC(F)(F)c1[c-]c(-c2ccccn2)cc(C(F)(F)F)c1.Fc1c[c-]c(-c2ccccn2)c(F)c1.O=C(O)c1ccccn1.[C-]#[N+]c1c(F)c[c-]c(-c2cc(N(C)C)ccn2)c1F.[C-]#[N+]c1cc[c-]c(-c2cc(N(C)C)ccn2)c1.[Ir].[Ir].[Ir].[Ir].[Ir].[Ir].[Ir].[Ir].[c-]1ccccc1N1[CH-]Nc2ccccc21. The average Bonchev–Trinajstić information content (AvgIpc) is 0.945. The third-order valence-electron chi connectivity index (χ3n) is 18.9. The number of carboxylic acid groups (broad SMARTS) is 1. The van der Waals surface area contributed by atoms with Gasteiger partial charge in [0.1, 0.15) is 11.4 Å². The Labute approximate surface area is 944 Å². The first-order valence-corrected chi connectivity index (χ1v) is 40.8. The number of benzene rings is 9. The first-order chi connectivity index (χ1) is 66.1. The van der Waals surface area contributed by atoms with E-state index in [1.54, 1.807) is 97.6 Å². The fourth-order valence-electron chi connectivity index (χ4n) is 12.0. The second kappa shape index (κ2) is 64.2. The summed E-state index contributed by atoms with van der Waals surface area (Å²) >= 11 is 0. The smallest absolute Gasteiger partial charge is 0.399 e. The number of rotatable bonds is 12. The molecule has 2 N–H and O–H groups in total. The molecule has 40 heteroatoms. The van der Waals surface area contributed by atoms with Crippen molar-refractivity contribution in [1.29, 1.82) is 0 Å². The summed E-state index contributed by atoms with van der Waals surface area (Å²) in [5.41, 5.74) is 8.84. The summed E-state index contributed by atoms with van der Waals surface area (Å²) in [6.07, 6.45) is 4.98. The van der Waals surface area contributed by atoms with Crippen molar-refractivity contribution in [1.82, 2.24) is 39.8 Å². The number of nitrogens with one attached hydrogen (secondary N) is 1. The van der Waals surface area contributed by atoms with E-state index in [9.17, 15) is 66.3 Å². The van der Waals surface area contributed by atoms with Crippen LogP contribution in [-0.2, 0) is 173 Å². The normalized spacial score (nSPS) is 10.6. The number of aryl methyl sites for hydroxylation is 1. The van der Waals surface area contributed by atoms with Crippen molar-refractivity contribution in [2.75, 3.05) is 79.2 Å². The van der Waals surface area contributed by atoms with Crippen molar-refractivity contribution >= 4 is 57.2 Å². The Hall–Kier alpha value is -12.0. The van der Waals surface area contributed by atoms with E-state index < -0.39 is 81.7 Å². The molecule has 9 aromatic carbocycles. The van der Waals surface area contributed by atoms with Gasteiger partial charge in [0, 0.05) is 316 Å². The molecule has 0 saturated heterocycles. The van der Waals surface area contributed by atoms with Gasteiger partial charge in [-0.15, -0.1) is 113 Å². The summed E-state index contributed by atoms with van der Waals surface area (Å²) in [5, 5.41) is 11.6. The zero-order valence-corrected chi connectivity index (χ0v) is 96.2. The van der Waals surface area contributed by atoms with Crippen molar-refractivity contribution in [2.45, 2.75) is 19.3 Å². The molecule has 146 heavy (non-hydrogen) atoms. The van der Waals surface area contributed by atoms with Gasteiger partial charge in [-0.1, -0.05) is 107 Å². The van der Waals surface area contributed by atoms with Gasteiger partial charge in [0.15, 0.2) is 5.69 Å². The maximum atomic E-state index is 14.0. The van der Waals surface area contributed by atoms with Gasteiger partial charge in [0.2, 0.25) is 0 Å². The zero-order valence-electron chi connectivity index (χ0n) is 77.0. The van der Waals surface area contributed by atoms with Crippen LogP contribution in [0.3, 0.4) is 0 Å². The van der Waals surface area contributed by atoms with Gasteiger partial charge in [0.05, 0.1) is 18.8 Å². The van der Waals surface area contributed by atoms with Gasteiger partial charge >= 0.3 is 18.3 Å². The molecule has 0 aliphatic carbocycles. The molecule has 0 atom stereocenters. The molecule has 0 amide bonds. The Kier molecular flexibility index (Phi) is 57.2. The van der Waals surface area contributed by atoms with E-state index in [1.165, 1.54) is 48.5 Å². The molecular weight excluding hydrogens is 3330 g/mol. The van der Waals surface area contributed by atoms with Crippen LogP contribution >= 0.6 is 0 Å². The molecule has 0 fully saturated rings. The van der Waals surface area contributed by atoms with Crippen LogP contribution in [0, 0.1) is 128 Å². The Balaban J connectivity index is 0.000000554. The zero-order chi connectivity index (χ0) is 99.6. The third kappa shape index (κ3) is 39.3. The number of carbonyl (C=O) groups is 1. The van der Waals surface area contributed by atoms with E-state index >= 15 is 0 Å². The largest absolute Gasteiger partial charge is 0.514 e. The Morgan fingerprint density at radius 1 is 0.432 bits per heavy atom. The molecular formula is C106H78F14Ir8N16O2-10. The second-order valence-electron chi connectivity index (χ2n) is 29.3. The number of halogens is 14. The molecule has 7 aromatic heterocycles. The summed E-state index contributed by atoms with van der Waals surface area (Å²) in [6, 6.07) is 86.8. The molecule has 9 heterocycles. The number of hydrogen-bond acceptors (Lipinski definition) is 15. The van der Waals surface area contributed by atoms with Crippen molar-refractivity contribution in [3.8, 4) is 67.5 Å². The number of aromatic carboxylic acids is 1. The minimum atomic E-state index is -4.91. The molecule has 0 spiro atoms. The average molecular weight is 3410 g/mol.